The number of hydrogen-bond donors (Lipinski definition) is 3. The van der Waals surface area contributed by atoms with Crippen molar-refractivity contribution in [1.82, 2.24) is 5.43 Å². The molecule has 0 radical (unpaired) electrons. The lowest BCUT2D eigenvalue weighted by molar-refractivity contribution is -0.136. The van der Waals surface area contributed by atoms with Gasteiger partial charge in [-0.1, -0.05) is 45.7 Å². The highest BCUT2D eigenvalue weighted by Crippen LogP contribution is 2.23. The van der Waals surface area contributed by atoms with Crippen molar-refractivity contribution < 1.29 is 23.5 Å². The summed E-state index contributed by atoms with van der Waals surface area (Å²) in [5.74, 6) is -2.97. The fourth-order valence-corrected chi connectivity index (χ4v) is 3.31. The van der Waals surface area contributed by atoms with Gasteiger partial charge in [-0.2, -0.15) is 5.10 Å². The predicted molar refractivity (Wildman–Crippen MR) is 135 cm³/mol. The van der Waals surface area contributed by atoms with Crippen LogP contribution in [0, 0.1) is 12.7 Å². The van der Waals surface area contributed by atoms with Crippen LogP contribution in [0.3, 0.4) is 0 Å². The predicted octanol–water partition coefficient (Wildman–Crippen LogP) is 4.66. The second-order valence-corrected chi connectivity index (χ2v) is 8.46. The first-order chi connectivity index (χ1) is 16.7. The molecular formula is C24H19BrClFN4O4. The smallest absolute Gasteiger partial charge is 0.329 e. The summed E-state index contributed by atoms with van der Waals surface area (Å²) in [7, 11) is 0. The Kier molecular flexibility index (Phi) is 8.93. The molecule has 0 aliphatic rings. The lowest BCUT2D eigenvalue weighted by Gasteiger charge is -2.11. The number of amides is 3. The Bertz CT molecular complexity index is 1300. The first-order valence-electron chi connectivity index (χ1n) is 10.1. The highest BCUT2D eigenvalue weighted by atomic mass is 79.9. The van der Waals surface area contributed by atoms with Gasteiger partial charge in [0, 0.05) is 20.7 Å². The summed E-state index contributed by atoms with van der Waals surface area (Å²) in [5.41, 5.74) is 3.75. The van der Waals surface area contributed by atoms with Gasteiger partial charge < -0.3 is 15.4 Å². The maximum Gasteiger partial charge on any atom is 0.329 e. The zero-order chi connectivity index (χ0) is 25.4. The van der Waals surface area contributed by atoms with Crippen LogP contribution >= 0.6 is 27.5 Å². The summed E-state index contributed by atoms with van der Waals surface area (Å²) in [4.78, 5) is 36.3. The Morgan fingerprint density at radius 2 is 1.80 bits per heavy atom. The second kappa shape index (κ2) is 12.1. The topological polar surface area (TPSA) is 109 Å². The third-order valence-corrected chi connectivity index (χ3v) is 5.23. The molecule has 180 valence electrons. The first-order valence-corrected chi connectivity index (χ1v) is 11.3. The van der Waals surface area contributed by atoms with E-state index in [0.717, 1.165) is 11.6 Å². The molecule has 0 unspecified atom stereocenters. The number of carbonyl (C=O) groups excluding carboxylic acids is 3. The SMILES string of the molecule is Cc1ccc(Cl)cc1NC(=O)COc1ccc(Br)cc1/C=N\NC(=O)C(=O)Nc1ccccc1F. The molecule has 11 heteroatoms. The molecule has 0 aliphatic carbocycles. The Hall–Kier alpha value is -3.76. The normalized spacial score (nSPS) is 10.6. The standard InChI is InChI=1S/C24H19BrClFN4O4/c1-14-6-8-17(26)11-20(14)29-22(32)13-35-21-9-7-16(25)10-15(21)12-28-31-24(34)23(33)30-19-5-3-2-4-18(19)27/h2-12H,13H2,1H3,(H,29,32)(H,30,33)(H,31,34)/b28-12-. The van der Waals surface area contributed by atoms with Crippen LogP contribution in [-0.4, -0.2) is 30.5 Å². The summed E-state index contributed by atoms with van der Waals surface area (Å²) < 4.78 is 19.9. The zero-order valence-corrected chi connectivity index (χ0v) is 20.6. The molecule has 0 fully saturated rings. The molecule has 0 atom stereocenters. The number of para-hydroxylation sites is 1. The maximum atomic E-state index is 13.6. The monoisotopic (exact) mass is 560 g/mol. The Labute approximate surface area is 213 Å². The fraction of sp³-hybridized carbons (Fsp3) is 0.0833. The quantitative estimate of drug-likeness (QED) is 0.222. The Morgan fingerprint density at radius 3 is 2.57 bits per heavy atom. The minimum absolute atomic E-state index is 0.134. The van der Waals surface area contributed by atoms with Crippen molar-refractivity contribution in [1.29, 1.82) is 0 Å². The largest absolute Gasteiger partial charge is 0.483 e. The average Bonchev–Trinajstić information content (AvgIpc) is 2.82. The molecule has 0 bridgehead atoms. The van der Waals surface area contributed by atoms with E-state index in [1.54, 1.807) is 36.4 Å². The van der Waals surface area contributed by atoms with Crippen LogP contribution in [0.25, 0.3) is 0 Å². The number of hydrogen-bond acceptors (Lipinski definition) is 5. The fourth-order valence-electron chi connectivity index (χ4n) is 2.76. The number of nitrogens with one attached hydrogen (secondary N) is 3. The highest BCUT2D eigenvalue weighted by Gasteiger charge is 2.15. The van der Waals surface area contributed by atoms with Gasteiger partial charge in [-0.3, -0.25) is 14.4 Å². The summed E-state index contributed by atoms with van der Waals surface area (Å²) in [6, 6.07) is 15.5. The van der Waals surface area contributed by atoms with Crippen molar-refractivity contribution >= 4 is 62.8 Å². The van der Waals surface area contributed by atoms with Crippen LogP contribution in [0.4, 0.5) is 15.8 Å². The number of aryl methyl sites for hydroxylation is 1. The summed E-state index contributed by atoms with van der Waals surface area (Å²) in [5, 5.41) is 9.12. The van der Waals surface area contributed by atoms with E-state index >= 15 is 0 Å². The van der Waals surface area contributed by atoms with E-state index in [4.69, 9.17) is 16.3 Å². The van der Waals surface area contributed by atoms with Crippen molar-refractivity contribution in [3.05, 3.63) is 87.1 Å². The maximum absolute atomic E-state index is 13.6. The summed E-state index contributed by atoms with van der Waals surface area (Å²) in [6.07, 6.45) is 1.24. The number of carbonyl (C=O) groups is 3. The van der Waals surface area contributed by atoms with Crippen LogP contribution in [0.5, 0.6) is 5.75 Å². The first kappa shape index (κ1) is 25.9. The van der Waals surface area contributed by atoms with Crippen molar-refractivity contribution in [3.8, 4) is 5.75 Å². The average molecular weight is 562 g/mol. The van der Waals surface area contributed by atoms with Gasteiger partial charge in [0.1, 0.15) is 11.6 Å². The highest BCUT2D eigenvalue weighted by molar-refractivity contribution is 9.10. The van der Waals surface area contributed by atoms with Crippen LogP contribution in [0.1, 0.15) is 11.1 Å². The molecule has 0 saturated heterocycles. The minimum Gasteiger partial charge on any atom is -0.483 e. The molecule has 3 rings (SSSR count). The van der Waals surface area contributed by atoms with Gasteiger partial charge in [-0.15, -0.1) is 0 Å². The van der Waals surface area contributed by atoms with Gasteiger partial charge in [0.2, 0.25) is 0 Å². The van der Waals surface area contributed by atoms with Crippen LogP contribution < -0.4 is 20.8 Å². The van der Waals surface area contributed by atoms with E-state index in [1.807, 2.05) is 6.92 Å². The Balaban J connectivity index is 1.60. The molecule has 0 aliphatic heterocycles. The summed E-state index contributed by atoms with van der Waals surface area (Å²) in [6.45, 7) is 1.53. The van der Waals surface area contributed by atoms with Crippen LogP contribution in [0.15, 0.2) is 70.2 Å². The third kappa shape index (κ3) is 7.62. The number of ether oxygens (including phenoxy) is 1. The van der Waals surface area contributed by atoms with Gasteiger partial charge >= 0.3 is 11.8 Å². The molecule has 8 nitrogen and oxygen atoms in total. The molecule has 0 saturated carbocycles. The zero-order valence-electron chi connectivity index (χ0n) is 18.3. The van der Waals surface area contributed by atoms with E-state index < -0.39 is 23.5 Å². The van der Waals surface area contributed by atoms with Gasteiger partial charge in [0.25, 0.3) is 5.91 Å². The molecule has 0 spiro atoms. The molecule has 35 heavy (non-hydrogen) atoms. The van der Waals surface area contributed by atoms with Gasteiger partial charge in [0.15, 0.2) is 6.61 Å². The van der Waals surface area contributed by atoms with Crippen LogP contribution in [-0.2, 0) is 14.4 Å². The molecule has 3 aromatic rings. The lowest BCUT2D eigenvalue weighted by atomic mass is 10.2. The number of halogens is 3. The van der Waals surface area contributed by atoms with Crippen molar-refractivity contribution in [3.63, 3.8) is 0 Å². The van der Waals surface area contributed by atoms with Crippen molar-refractivity contribution in [2.75, 3.05) is 17.2 Å². The lowest BCUT2D eigenvalue weighted by Crippen LogP contribution is -2.32. The summed E-state index contributed by atoms with van der Waals surface area (Å²) >= 11 is 9.30. The van der Waals surface area contributed by atoms with Gasteiger partial charge in [0.05, 0.1) is 11.9 Å². The molecule has 0 heterocycles. The molecular weight excluding hydrogens is 543 g/mol. The number of anilines is 2. The minimum atomic E-state index is -1.10. The molecule has 3 amide bonds. The second-order valence-electron chi connectivity index (χ2n) is 7.11. The van der Waals surface area contributed by atoms with Crippen LogP contribution in [0.2, 0.25) is 5.02 Å². The van der Waals surface area contributed by atoms with E-state index in [0.29, 0.717) is 26.5 Å². The molecule has 3 aromatic carbocycles. The van der Waals surface area contributed by atoms with E-state index in [-0.39, 0.29) is 12.3 Å². The van der Waals surface area contributed by atoms with Gasteiger partial charge in [-0.25, -0.2) is 9.82 Å². The third-order valence-electron chi connectivity index (χ3n) is 4.50. The number of nitrogens with zero attached hydrogens (tertiary/aromatic N) is 1. The van der Waals surface area contributed by atoms with Crippen molar-refractivity contribution in [2.24, 2.45) is 5.10 Å². The van der Waals surface area contributed by atoms with E-state index in [2.05, 4.69) is 37.1 Å². The Morgan fingerprint density at radius 1 is 1.03 bits per heavy atom. The number of benzene rings is 3. The number of hydrazone groups is 1. The van der Waals surface area contributed by atoms with E-state index in [1.165, 1.54) is 24.4 Å². The van der Waals surface area contributed by atoms with E-state index in [9.17, 15) is 18.8 Å². The van der Waals surface area contributed by atoms with Gasteiger partial charge in [-0.05, 0) is 55.0 Å². The molecule has 3 N–H and O–H groups in total. The number of rotatable bonds is 7. The van der Waals surface area contributed by atoms with Crippen molar-refractivity contribution in [2.45, 2.75) is 6.92 Å². The molecule has 0 aromatic heterocycles.